The molecule has 31 heavy (non-hydrogen) atoms. The highest BCUT2D eigenvalue weighted by Crippen LogP contribution is 2.40. The van der Waals surface area contributed by atoms with Gasteiger partial charge >= 0.3 is 0 Å². The number of para-hydroxylation sites is 1. The average molecular weight is 434 g/mol. The fourth-order valence-corrected chi connectivity index (χ4v) is 6.26. The average Bonchev–Trinajstić information content (AvgIpc) is 3.33. The lowest BCUT2D eigenvalue weighted by atomic mass is 10.0. The molecule has 0 bridgehead atoms. The Bertz CT molecular complexity index is 1810. The van der Waals surface area contributed by atoms with Crippen LogP contribution in [0.3, 0.4) is 0 Å². The van der Waals surface area contributed by atoms with Crippen LogP contribution in [-0.2, 0) is 0 Å². The van der Waals surface area contributed by atoms with Gasteiger partial charge < -0.3 is 4.57 Å². The smallest absolute Gasteiger partial charge is 0.0547 e. The topological polar surface area (TPSA) is 4.93 Å². The van der Waals surface area contributed by atoms with Gasteiger partial charge in [0.05, 0.1) is 11.0 Å². The molecule has 0 radical (unpaired) electrons. The van der Waals surface area contributed by atoms with Crippen LogP contribution in [0.4, 0.5) is 0 Å². The lowest BCUT2D eigenvalue weighted by Crippen LogP contribution is -1.93. The molecule has 5 aromatic carbocycles. The van der Waals surface area contributed by atoms with Crippen LogP contribution in [0.15, 0.2) is 97.1 Å². The van der Waals surface area contributed by atoms with Gasteiger partial charge in [-0.1, -0.05) is 66.2 Å². The van der Waals surface area contributed by atoms with E-state index in [2.05, 4.69) is 95.6 Å². The SMILES string of the molecule is Clc1ccc2c(c1)sc1ccc(-n3c4ccccc4c4c5ccccc5ccc43)cc12. The maximum absolute atomic E-state index is 6.24. The minimum atomic E-state index is 0.786. The molecule has 0 atom stereocenters. The van der Waals surface area contributed by atoms with Crippen molar-refractivity contribution < 1.29 is 0 Å². The van der Waals surface area contributed by atoms with Crippen LogP contribution in [0.2, 0.25) is 5.02 Å². The van der Waals surface area contributed by atoms with E-state index in [-0.39, 0.29) is 0 Å². The third kappa shape index (κ3) is 2.43. The van der Waals surface area contributed by atoms with E-state index in [4.69, 9.17) is 11.6 Å². The lowest BCUT2D eigenvalue weighted by molar-refractivity contribution is 1.19. The second-order valence-electron chi connectivity index (χ2n) is 7.96. The van der Waals surface area contributed by atoms with Crippen LogP contribution in [0, 0.1) is 0 Å². The summed E-state index contributed by atoms with van der Waals surface area (Å²) in [6, 6.07) is 34.8. The van der Waals surface area contributed by atoms with Crippen LogP contribution in [0.25, 0.3) is 58.4 Å². The van der Waals surface area contributed by atoms with Crippen molar-refractivity contribution in [3.8, 4) is 5.69 Å². The molecule has 1 nitrogen and oxygen atoms in total. The van der Waals surface area contributed by atoms with Crippen molar-refractivity contribution in [2.24, 2.45) is 0 Å². The summed E-state index contributed by atoms with van der Waals surface area (Å²) < 4.78 is 4.91. The molecule has 0 saturated heterocycles. The number of fused-ring (bicyclic) bond motifs is 8. The highest BCUT2D eigenvalue weighted by Gasteiger charge is 2.15. The molecule has 7 aromatic rings. The molecule has 0 aliphatic carbocycles. The number of aromatic nitrogens is 1. The van der Waals surface area contributed by atoms with E-state index >= 15 is 0 Å². The van der Waals surface area contributed by atoms with Gasteiger partial charge in [0.1, 0.15) is 0 Å². The number of hydrogen-bond donors (Lipinski definition) is 0. The zero-order valence-electron chi connectivity index (χ0n) is 16.5. The third-order valence-corrected chi connectivity index (χ3v) is 7.61. The van der Waals surface area contributed by atoms with E-state index in [0.717, 1.165) is 5.02 Å². The summed E-state index contributed by atoms with van der Waals surface area (Å²) in [6.07, 6.45) is 0. The molecule has 0 saturated carbocycles. The molecular formula is C28H16ClNS. The summed E-state index contributed by atoms with van der Waals surface area (Å²) in [5.41, 5.74) is 3.65. The van der Waals surface area contributed by atoms with Crippen molar-refractivity contribution in [3.05, 3.63) is 102 Å². The Morgan fingerprint density at radius 3 is 2.35 bits per heavy atom. The Morgan fingerprint density at radius 1 is 0.581 bits per heavy atom. The second-order valence-corrected chi connectivity index (χ2v) is 9.48. The molecule has 0 N–H and O–H groups in total. The summed E-state index contributed by atoms with van der Waals surface area (Å²) in [6.45, 7) is 0. The van der Waals surface area contributed by atoms with E-state index < -0.39 is 0 Å². The van der Waals surface area contributed by atoms with Gasteiger partial charge in [0.25, 0.3) is 0 Å². The summed E-state index contributed by atoms with van der Waals surface area (Å²) in [4.78, 5) is 0. The molecular weight excluding hydrogens is 418 g/mol. The maximum atomic E-state index is 6.24. The highest BCUT2D eigenvalue weighted by molar-refractivity contribution is 7.25. The van der Waals surface area contributed by atoms with E-state index in [1.807, 2.05) is 6.07 Å². The fraction of sp³-hybridized carbons (Fsp3) is 0. The van der Waals surface area contributed by atoms with E-state index in [1.165, 1.54) is 58.4 Å². The first kappa shape index (κ1) is 17.4. The zero-order valence-corrected chi connectivity index (χ0v) is 18.0. The quantitative estimate of drug-likeness (QED) is 0.243. The Morgan fingerprint density at radius 2 is 1.42 bits per heavy atom. The van der Waals surface area contributed by atoms with Crippen molar-refractivity contribution in [1.82, 2.24) is 4.57 Å². The normalized spacial score (nSPS) is 12.0. The third-order valence-electron chi connectivity index (χ3n) is 6.24. The van der Waals surface area contributed by atoms with Crippen molar-refractivity contribution in [2.45, 2.75) is 0 Å². The van der Waals surface area contributed by atoms with Crippen molar-refractivity contribution >= 4 is 75.7 Å². The van der Waals surface area contributed by atoms with Gasteiger partial charge in [-0.25, -0.2) is 0 Å². The summed E-state index contributed by atoms with van der Waals surface area (Å²) in [5.74, 6) is 0. The zero-order chi connectivity index (χ0) is 20.5. The van der Waals surface area contributed by atoms with Crippen LogP contribution in [0.1, 0.15) is 0 Å². The van der Waals surface area contributed by atoms with Crippen molar-refractivity contribution in [1.29, 1.82) is 0 Å². The Hall–Kier alpha value is -3.33. The van der Waals surface area contributed by atoms with Crippen LogP contribution < -0.4 is 0 Å². The van der Waals surface area contributed by atoms with Gasteiger partial charge in [0.2, 0.25) is 0 Å². The van der Waals surface area contributed by atoms with Crippen LogP contribution >= 0.6 is 22.9 Å². The number of benzene rings is 5. The summed E-state index contributed by atoms with van der Waals surface area (Å²) >= 11 is 8.04. The Kier molecular flexibility index (Phi) is 3.55. The second kappa shape index (κ2) is 6.34. The summed E-state index contributed by atoms with van der Waals surface area (Å²) in [7, 11) is 0. The number of nitrogens with zero attached hydrogens (tertiary/aromatic N) is 1. The molecule has 0 unspecified atom stereocenters. The molecule has 0 aliphatic heterocycles. The van der Waals surface area contributed by atoms with E-state index in [9.17, 15) is 0 Å². The van der Waals surface area contributed by atoms with Crippen LogP contribution in [0.5, 0.6) is 0 Å². The molecule has 0 fully saturated rings. The van der Waals surface area contributed by atoms with Gasteiger partial charge in [-0.05, 0) is 53.2 Å². The number of hydrogen-bond acceptors (Lipinski definition) is 1. The molecule has 2 aromatic heterocycles. The molecule has 3 heteroatoms. The molecule has 0 amide bonds. The number of rotatable bonds is 1. The predicted octanol–water partition coefficient (Wildman–Crippen LogP) is 8.96. The number of halogens is 1. The molecule has 2 heterocycles. The fourth-order valence-electron chi connectivity index (χ4n) is 4.90. The van der Waals surface area contributed by atoms with E-state index in [0.29, 0.717) is 0 Å². The number of thiophene rings is 1. The first-order valence-corrected chi connectivity index (χ1v) is 11.5. The highest BCUT2D eigenvalue weighted by atomic mass is 35.5. The van der Waals surface area contributed by atoms with Gasteiger partial charge in [-0.2, -0.15) is 0 Å². The van der Waals surface area contributed by atoms with Gasteiger partial charge in [0, 0.05) is 41.7 Å². The minimum Gasteiger partial charge on any atom is -0.309 e. The van der Waals surface area contributed by atoms with Gasteiger partial charge in [-0.15, -0.1) is 11.3 Å². The molecule has 0 spiro atoms. The minimum absolute atomic E-state index is 0.786. The van der Waals surface area contributed by atoms with Crippen LogP contribution in [-0.4, -0.2) is 4.57 Å². The first-order valence-electron chi connectivity index (χ1n) is 10.3. The summed E-state index contributed by atoms with van der Waals surface area (Å²) in [5, 5.41) is 8.50. The Labute approximate surface area is 187 Å². The molecule has 7 rings (SSSR count). The standard InChI is InChI=1S/C28H16ClNS/c29-18-10-12-21-23-16-19(11-14-26(23)31-27(21)15-18)30-24-8-4-3-7-22(24)28-20-6-2-1-5-17(20)9-13-25(28)30/h1-16H. The largest absolute Gasteiger partial charge is 0.309 e. The van der Waals surface area contributed by atoms with E-state index in [1.54, 1.807) is 11.3 Å². The maximum Gasteiger partial charge on any atom is 0.0547 e. The molecule has 146 valence electrons. The Balaban J connectivity index is 1.62. The molecule has 0 aliphatic rings. The lowest BCUT2D eigenvalue weighted by Gasteiger charge is -2.09. The first-order chi connectivity index (χ1) is 15.3. The predicted molar refractivity (Wildman–Crippen MR) is 136 cm³/mol. The van der Waals surface area contributed by atoms with Crippen molar-refractivity contribution in [2.75, 3.05) is 0 Å². The monoisotopic (exact) mass is 433 g/mol. The van der Waals surface area contributed by atoms with Gasteiger partial charge in [0.15, 0.2) is 0 Å². The van der Waals surface area contributed by atoms with Gasteiger partial charge in [-0.3, -0.25) is 0 Å². The van der Waals surface area contributed by atoms with Crippen molar-refractivity contribution in [3.63, 3.8) is 0 Å².